The molecule has 0 bridgehead atoms. The van der Waals surface area contributed by atoms with Crippen LogP contribution in [-0.2, 0) is 19.1 Å². The van der Waals surface area contributed by atoms with Crippen molar-refractivity contribution in [2.45, 2.75) is 6.92 Å². The van der Waals surface area contributed by atoms with Crippen molar-refractivity contribution < 1.29 is 19.1 Å². The van der Waals surface area contributed by atoms with Crippen molar-refractivity contribution in [3.63, 3.8) is 0 Å². The zero-order chi connectivity index (χ0) is 16.8. The zero-order valence-electron chi connectivity index (χ0n) is 13.9. The third kappa shape index (κ3) is 4.90. The Morgan fingerprint density at radius 1 is 1.04 bits per heavy atom. The van der Waals surface area contributed by atoms with Crippen molar-refractivity contribution in [2.75, 3.05) is 66.1 Å². The smallest absolute Gasteiger partial charge is 0.236 e. The summed E-state index contributed by atoms with van der Waals surface area (Å²) in [6.07, 6.45) is 0. The summed E-state index contributed by atoms with van der Waals surface area (Å²) in [4.78, 5) is 41.5. The second kappa shape index (κ2) is 8.26. The third-order valence-electron chi connectivity index (χ3n) is 4.39. The lowest BCUT2D eigenvalue weighted by Crippen LogP contribution is -2.47. The second-order valence-corrected chi connectivity index (χ2v) is 6.00. The van der Waals surface area contributed by atoms with Gasteiger partial charge in [-0.2, -0.15) is 0 Å². The van der Waals surface area contributed by atoms with Crippen LogP contribution in [0.5, 0.6) is 0 Å². The highest BCUT2D eigenvalue weighted by molar-refractivity contribution is 5.81. The zero-order valence-corrected chi connectivity index (χ0v) is 13.9. The molecule has 3 amide bonds. The Hall–Kier alpha value is -1.67. The molecule has 8 nitrogen and oxygen atoms in total. The summed E-state index contributed by atoms with van der Waals surface area (Å²) < 4.78 is 5.26. The van der Waals surface area contributed by atoms with Crippen LogP contribution in [-0.4, -0.2) is 98.5 Å². The van der Waals surface area contributed by atoms with Crippen LogP contribution >= 0.6 is 0 Å². The minimum atomic E-state index is -0.316. The Balaban J connectivity index is 1.98. The molecule has 0 aliphatic carbocycles. The predicted octanol–water partition coefficient (Wildman–Crippen LogP) is -1.63. The van der Waals surface area contributed by atoms with E-state index in [9.17, 15) is 14.4 Å². The Morgan fingerprint density at radius 3 is 2.35 bits per heavy atom. The van der Waals surface area contributed by atoms with E-state index < -0.39 is 0 Å². The first kappa shape index (κ1) is 17.7. The molecule has 0 saturated carbocycles. The van der Waals surface area contributed by atoms with E-state index in [2.05, 4.69) is 5.32 Å². The second-order valence-electron chi connectivity index (χ2n) is 6.00. The molecule has 8 heteroatoms. The average Bonchev–Trinajstić information content (AvgIpc) is 2.77. The normalized spacial score (nSPS) is 23.3. The van der Waals surface area contributed by atoms with Gasteiger partial charge in [0, 0.05) is 53.2 Å². The molecule has 0 aromatic rings. The molecule has 1 N–H and O–H groups in total. The monoisotopic (exact) mass is 326 g/mol. The molecule has 0 spiro atoms. The first-order chi connectivity index (χ1) is 11.0. The van der Waals surface area contributed by atoms with Crippen LogP contribution in [0.25, 0.3) is 0 Å². The standard InChI is InChI=1S/C15H26N4O4/c1-12(20)19-4-3-17(9-13(10-19)15(22)16-2)11-14(21)18-5-7-23-8-6-18/h13H,3-11H2,1-2H3,(H,16,22)/t13-/m1/s1. The van der Waals surface area contributed by atoms with Gasteiger partial charge in [0.1, 0.15) is 0 Å². The van der Waals surface area contributed by atoms with Crippen molar-refractivity contribution in [2.24, 2.45) is 5.92 Å². The summed E-state index contributed by atoms with van der Waals surface area (Å²) >= 11 is 0. The summed E-state index contributed by atoms with van der Waals surface area (Å²) in [5.74, 6) is -0.397. The van der Waals surface area contributed by atoms with Crippen LogP contribution in [0.15, 0.2) is 0 Å². The van der Waals surface area contributed by atoms with Gasteiger partial charge in [-0.25, -0.2) is 0 Å². The number of amides is 3. The topological polar surface area (TPSA) is 82.2 Å². The van der Waals surface area contributed by atoms with Crippen LogP contribution in [0.3, 0.4) is 0 Å². The molecule has 130 valence electrons. The highest BCUT2D eigenvalue weighted by Crippen LogP contribution is 2.11. The summed E-state index contributed by atoms with van der Waals surface area (Å²) in [7, 11) is 1.59. The fraction of sp³-hybridized carbons (Fsp3) is 0.800. The summed E-state index contributed by atoms with van der Waals surface area (Å²) in [6.45, 7) is 6.19. The fourth-order valence-corrected chi connectivity index (χ4v) is 2.98. The molecule has 23 heavy (non-hydrogen) atoms. The van der Waals surface area contributed by atoms with Gasteiger partial charge >= 0.3 is 0 Å². The number of hydrogen-bond donors (Lipinski definition) is 1. The molecule has 0 aromatic carbocycles. The molecule has 2 fully saturated rings. The number of morpholine rings is 1. The number of rotatable bonds is 3. The number of carbonyl (C=O) groups is 3. The lowest BCUT2D eigenvalue weighted by molar-refractivity contribution is -0.137. The lowest BCUT2D eigenvalue weighted by atomic mass is 10.1. The van der Waals surface area contributed by atoms with Gasteiger partial charge in [-0.15, -0.1) is 0 Å². The predicted molar refractivity (Wildman–Crippen MR) is 83.6 cm³/mol. The Morgan fingerprint density at radius 2 is 1.74 bits per heavy atom. The Labute approximate surface area is 136 Å². The molecule has 2 aliphatic rings. The van der Waals surface area contributed by atoms with E-state index in [0.29, 0.717) is 52.5 Å². The van der Waals surface area contributed by atoms with Crippen molar-refractivity contribution in [1.82, 2.24) is 20.0 Å². The van der Waals surface area contributed by atoms with Crippen LogP contribution in [0.4, 0.5) is 0 Å². The number of ether oxygens (including phenoxy) is 1. The maximum absolute atomic E-state index is 12.4. The summed E-state index contributed by atoms with van der Waals surface area (Å²) in [5.41, 5.74) is 0. The SMILES string of the molecule is CNC(=O)[C@@H]1CN(CC(=O)N2CCOCC2)CCN(C(C)=O)C1. The molecular weight excluding hydrogens is 300 g/mol. The third-order valence-corrected chi connectivity index (χ3v) is 4.39. The van der Waals surface area contributed by atoms with Gasteiger partial charge in [-0.1, -0.05) is 0 Å². The van der Waals surface area contributed by atoms with Crippen molar-refractivity contribution in [3.8, 4) is 0 Å². The summed E-state index contributed by atoms with van der Waals surface area (Å²) in [6, 6.07) is 0. The molecule has 0 aromatic heterocycles. The lowest BCUT2D eigenvalue weighted by Gasteiger charge is -2.30. The molecule has 2 aliphatic heterocycles. The molecule has 2 heterocycles. The van der Waals surface area contributed by atoms with E-state index in [1.807, 2.05) is 4.90 Å². The first-order valence-electron chi connectivity index (χ1n) is 8.06. The van der Waals surface area contributed by atoms with E-state index in [-0.39, 0.29) is 30.2 Å². The van der Waals surface area contributed by atoms with Crippen molar-refractivity contribution in [1.29, 1.82) is 0 Å². The highest BCUT2D eigenvalue weighted by Gasteiger charge is 2.30. The van der Waals surface area contributed by atoms with E-state index in [0.717, 1.165) is 0 Å². The van der Waals surface area contributed by atoms with E-state index in [1.54, 1.807) is 16.8 Å². The average molecular weight is 326 g/mol. The van der Waals surface area contributed by atoms with E-state index in [1.165, 1.54) is 6.92 Å². The minimum absolute atomic E-state index is 0.0414. The number of nitrogens with zero attached hydrogens (tertiary/aromatic N) is 3. The maximum Gasteiger partial charge on any atom is 0.236 e. The number of hydrogen-bond acceptors (Lipinski definition) is 5. The molecule has 1 atom stereocenters. The molecule has 0 radical (unpaired) electrons. The molecule has 2 rings (SSSR count). The highest BCUT2D eigenvalue weighted by atomic mass is 16.5. The first-order valence-corrected chi connectivity index (χ1v) is 8.06. The molecular formula is C15H26N4O4. The van der Waals surface area contributed by atoms with Gasteiger partial charge < -0.3 is 19.9 Å². The van der Waals surface area contributed by atoms with E-state index >= 15 is 0 Å². The van der Waals surface area contributed by atoms with Crippen molar-refractivity contribution in [3.05, 3.63) is 0 Å². The van der Waals surface area contributed by atoms with Crippen LogP contribution in [0.1, 0.15) is 6.92 Å². The van der Waals surface area contributed by atoms with Gasteiger partial charge in [0.2, 0.25) is 17.7 Å². The Bertz CT molecular complexity index is 451. The summed E-state index contributed by atoms with van der Waals surface area (Å²) in [5, 5.41) is 2.64. The maximum atomic E-state index is 12.4. The van der Waals surface area contributed by atoms with Gasteiger partial charge in [-0.3, -0.25) is 19.3 Å². The molecule has 0 unspecified atom stereocenters. The van der Waals surface area contributed by atoms with Gasteiger partial charge in [0.25, 0.3) is 0 Å². The van der Waals surface area contributed by atoms with Crippen LogP contribution < -0.4 is 5.32 Å². The largest absolute Gasteiger partial charge is 0.378 e. The Kier molecular flexibility index (Phi) is 6.35. The van der Waals surface area contributed by atoms with E-state index in [4.69, 9.17) is 4.74 Å². The van der Waals surface area contributed by atoms with Gasteiger partial charge in [-0.05, 0) is 0 Å². The van der Waals surface area contributed by atoms with Crippen molar-refractivity contribution >= 4 is 17.7 Å². The van der Waals surface area contributed by atoms with Gasteiger partial charge in [0.05, 0.1) is 25.7 Å². The minimum Gasteiger partial charge on any atom is -0.378 e. The molecule has 2 saturated heterocycles. The number of nitrogens with one attached hydrogen (secondary N) is 1. The van der Waals surface area contributed by atoms with Crippen LogP contribution in [0, 0.1) is 5.92 Å². The van der Waals surface area contributed by atoms with Gasteiger partial charge in [0.15, 0.2) is 0 Å². The number of carbonyl (C=O) groups excluding carboxylic acids is 3. The van der Waals surface area contributed by atoms with Crippen LogP contribution in [0.2, 0.25) is 0 Å². The fourth-order valence-electron chi connectivity index (χ4n) is 2.98. The quantitative estimate of drug-likeness (QED) is 0.673.